The number of rotatable bonds is 8. The third kappa shape index (κ3) is 5.05. The first kappa shape index (κ1) is 18.4. The van der Waals surface area contributed by atoms with E-state index in [2.05, 4.69) is 5.32 Å². The van der Waals surface area contributed by atoms with Gasteiger partial charge in [-0.1, -0.05) is 36.4 Å². The molecule has 0 saturated heterocycles. The van der Waals surface area contributed by atoms with Crippen molar-refractivity contribution in [3.63, 3.8) is 0 Å². The van der Waals surface area contributed by atoms with Gasteiger partial charge in [-0.3, -0.25) is 0 Å². The first-order valence-corrected chi connectivity index (χ1v) is 9.11. The summed E-state index contributed by atoms with van der Waals surface area (Å²) in [7, 11) is 0. The van der Waals surface area contributed by atoms with Gasteiger partial charge < -0.3 is 15.0 Å². The summed E-state index contributed by atoms with van der Waals surface area (Å²) in [6.45, 7) is 4.14. The molecule has 0 radical (unpaired) electrons. The molecule has 1 saturated carbocycles. The summed E-state index contributed by atoms with van der Waals surface area (Å²) < 4.78 is 18.6. The monoisotopic (exact) mass is 356 g/mol. The number of nitrogens with zero attached hydrogens (tertiary/aromatic N) is 1. The smallest absolute Gasteiger partial charge is 0.318 e. The number of hydrogen-bond donors (Lipinski definition) is 1. The van der Waals surface area contributed by atoms with Gasteiger partial charge in [0.15, 0.2) is 0 Å². The summed E-state index contributed by atoms with van der Waals surface area (Å²) >= 11 is 0. The third-order valence-corrected chi connectivity index (χ3v) is 4.52. The van der Waals surface area contributed by atoms with E-state index < -0.39 is 0 Å². The van der Waals surface area contributed by atoms with Crippen LogP contribution < -0.4 is 5.32 Å². The van der Waals surface area contributed by atoms with E-state index in [0.717, 1.165) is 29.5 Å². The number of ether oxygens (including phenoxy) is 1. The van der Waals surface area contributed by atoms with Crippen LogP contribution in [0, 0.1) is 5.82 Å². The van der Waals surface area contributed by atoms with Gasteiger partial charge in [0.05, 0.1) is 6.61 Å². The predicted octanol–water partition coefficient (Wildman–Crippen LogP) is 4.24. The Morgan fingerprint density at radius 2 is 1.85 bits per heavy atom. The molecule has 0 aliphatic heterocycles. The molecule has 0 atom stereocenters. The number of nitrogens with one attached hydrogen (secondary N) is 1. The Morgan fingerprint density at radius 3 is 2.50 bits per heavy atom. The van der Waals surface area contributed by atoms with E-state index in [1.54, 1.807) is 12.1 Å². The largest absolute Gasteiger partial charge is 0.377 e. The van der Waals surface area contributed by atoms with E-state index in [1.165, 1.54) is 12.1 Å². The molecule has 26 heavy (non-hydrogen) atoms. The first-order chi connectivity index (χ1) is 12.7. The molecule has 4 nitrogen and oxygen atoms in total. The van der Waals surface area contributed by atoms with Crippen LogP contribution in [0.25, 0.3) is 0 Å². The van der Waals surface area contributed by atoms with Crippen LogP contribution in [-0.4, -0.2) is 23.6 Å². The highest BCUT2D eigenvalue weighted by molar-refractivity contribution is 5.75. The summed E-state index contributed by atoms with van der Waals surface area (Å²) in [5.41, 5.74) is 3.09. The highest BCUT2D eigenvalue weighted by Crippen LogP contribution is 2.28. The molecule has 2 aromatic carbocycles. The van der Waals surface area contributed by atoms with Crippen LogP contribution in [-0.2, 0) is 24.4 Å². The second-order valence-corrected chi connectivity index (χ2v) is 6.55. The zero-order valence-electron chi connectivity index (χ0n) is 15.1. The van der Waals surface area contributed by atoms with Crippen molar-refractivity contribution in [1.29, 1.82) is 0 Å². The van der Waals surface area contributed by atoms with E-state index in [-0.39, 0.29) is 17.9 Å². The lowest BCUT2D eigenvalue weighted by Crippen LogP contribution is -2.40. The Kier molecular flexibility index (Phi) is 6.23. The molecular formula is C21H25FN2O2. The predicted molar refractivity (Wildman–Crippen MR) is 99.0 cm³/mol. The topological polar surface area (TPSA) is 41.6 Å². The summed E-state index contributed by atoms with van der Waals surface area (Å²) in [6, 6.07) is 14.5. The molecule has 1 fully saturated rings. The molecule has 0 heterocycles. The molecule has 1 aliphatic rings. The van der Waals surface area contributed by atoms with Crippen molar-refractivity contribution < 1.29 is 13.9 Å². The van der Waals surface area contributed by atoms with Crippen molar-refractivity contribution in [2.75, 3.05) is 6.61 Å². The van der Waals surface area contributed by atoms with Gasteiger partial charge in [-0.05, 0) is 48.6 Å². The van der Waals surface area contributed by atoms with E-state index in [9.17, 15) is 9.18 Å². The Bertz CT molecular complexity index is 729. The van der Waals surface area contributed by atoms with Crippen LogP contribution >= 0.6 is 0 Å². The number of carbonyl (C=O) groups is 1. The second kappa shape index (κ2) is 8.81. The van der Waals surface area contributed by atoms with Gasteiger partial charge in [0.25, 0.3) is 0 Å². The maximum Gasteiger partial charge on any atom is 0.318 e. The molecule has 3 rings (SSSR count). The fourth-order valence-electron chi connectivity index (χ4n) is 2.89. The lowest BCUT2D eigenvalue weighted by molar-refractivity contribution is 0.133. The van der Waals surface area contributed by atoms with Crippen LogP contribution in [0.5, 0.6) is 0 Å². The fourth-order valence-corrected chi connectivity index (χ4v) is 2.89. The van der Waals surface area contributed by atoms with Gasteiger partial charge in [-0.25, -0.2) is 9.18 Å². The zero-order valence-corrected chi connectivity index (χ0v) is 15.1. The molecular weight excluding hydrogens is 331 g/mol. The normalized spacial score (nSPS) is 13.5. The van der Waals surface area contributed by atoms with E-state index in [0.29, 0.717) is 26.3 Å². The minimum atomic E-state index is -0.262. The lowest BCUT2D eigenvalue weighted by Gasteiger charge is -2.23. The Balaban J connectivity index is 1.61. The SMILES string of the molecule is CCOCc1ccccc1CNC(=O)N(Cc1ccc(F)cc1)C1CC1. The highest BCUT2D eigenvalue weighted by atomic mass is 19.1. The number of benzene rings is 2. The molecule has 138 valence electrons. The van der Waals surface area contributed by atoms with Crippen LogP contribution in [0.4, 0.5) is 9.18 Å². The van der Waals surface area contributed by atoms with Crippen molar-refractivity contribution >= 4 is 6.03 Å². The summed E-state index contributed by atoms with van der Waals surface area (Å²) in [4.78, 5) is 14.5. The minimum Gasteiger partial charge on any atom is -0.377 e. The molecule has 0 unspecified atom stereocenters. The zero-order chi connectivity index (χ0) is 18.4. The molecule has 0 spiro atoms. The van der Waals surface area contributed by atoms with E-state index >= 15 is 0 Å². The Hall–Kier alpha value is -2.40. The van der Waals surface area contributed by atoms with E-state index in [1.807, 2.05) is 36.1 Å². The van der Waals surface area contributed by atoms with Gasteiger partial charge in [-0.2, -0.15) is 0 Å². The average molecular weight is 356 g/mol. The van der Waals surface area contributed by atoms with Crippen LogP contribution in [0.15, 0.2) is 48.5 Å². The van der Waals surface area contributed by atoms with Crippen LogP contribution in [0.3, 0.4) is 0 Å². The third-order valence-electron chi connectivity index (χ3n) is 4.52. The lowest BCUT2D eigenvalue weighted by atomic mass is 10.1. The first-order valence-electron chi connectivity index (χ1n) is 9.11. The number of hydrogen-bond acceptors (Lipinski definition) is 2. The molecule has 1 aliphatic carbocycles. The second-order valence-electron chi connectivity index (χ2n) is 6.55. The average Bonchev–Trinajstić information content (AvgIpc) is 3.49. The summed E-state index contributed by atoms with van der Waals surface area (Å²) in [5, 5.41) is 3.03. The van der Waals surface area contributed by atoms with Gasteiger partial charge in [0.1, 0.15) is 5.82 Å². The molecule has 0 bridgehead atoms. The highest BCUT2D eigenvalue weighted by Gasteiger charge is 2.32. The number of amides is 2. The van der Waals surface area contributed by atoms with Crippen LogP contribution in [0.1, 0.15) is 36.5 Å². The Morgan fingerprint density at radius 1 is 1.15 bits per heavy atom. The van der Waals surface area contributed by atoms with Gasteiger partial charge in [-0.15, -0.1) is 0 Å². The summed E-state index contributed by atoms with van der Waals surface area (Å²) in [6.07, 6.45) is 2.05. The molecule has 2 aromatic rings. The maximum absolute atomic E-state index is 13.1. The molecule has 1 N–H and O–H groups in total. The van der Waals surface area contributed by atoms with Crippen molar-refractivity contribution in [3.05, 3.63) is 71.0 Å². The molecule has 0 aromatic heterocycles. The minimum absolute atomic E-state index is 0.0805. The number of carbonyl (C=O) groups excluding carboxylic acids is 1. The quantitative estimate of drug-likeness (QED) is 0.769. The van der Waals surface area contributed by atoms with Crippen molar-refractivity contribution in [1.82, 2.24) is 10.2 Å². The van der Waals surface area contributed by atoms with Gasteiger partial charge >= 0.3 is 6.03 Å². The van der Waals surface area contributed by atoms with Crippen LogP contribution in [0.2, 0.25) is 0 Å². The molecule has 5 heteroatoms. The van der Waals surface area contributed by atoms with Crippen molar-refractivity contribution in [2.45, 2.75) is 45.5 Å². The maximum atomic E-state index is 13.1. The fraction of sp³-hybridized carbons (Fsp3) is 0.381. The summed E-state index contributed by atoms with van der Waals surface area (Å²) in [5.74, 6) is -0.262. The Labute approximate surface area is 154 Å². The number of urea groups is 1. The van der Waals surface area contributed by atoms with Crippen molar-refractivity contribution in [2.24, 2.45) is 0 Å². The molecule has 2 amide bonds. The number of halogens is 1. The standard InChI is InChI=1S/C21H25FN2O2/c1-2-26-15-18-6-4-3-5-17(18)13-23-21(25)24(20-11-12-20)14-16-7-9-19(22)10-8-16/h3-10,20H,2,11-15H2,1H3,(H,23,25). The van der Waals surface area contributed by atoms with Gasteiger partial charge in [0.2, 0.25) is 0 Å². The van der Waals surface area contributed by atoms with E-state index in [4.69, 9.17) is 4.74 Å². The van der Waals surface area contributed by atoms with Gasteiger partial charge in [0, 0.05) is 25.7 Å². The van der Waals surface area contributed by atoms with Crippen molar-refractivity contribution in [3.8, 4) is 0 Å².